The minimum atomic E-state index is -0.659. The first-order valence-corrected chi connectivity index (χ1v) is 7.16. The summed E-state index contributed by atoms with van der Waals surface area (Å²) in [5.74, 6) is 0.805. The van der Waals surface area contributed by atoms with Crippen LogP contribution in [0.3, 0.4) is 0 Å². The summed E-state index contributed by atoms with van der Waals surface area (Å²) in [6.07, 6.45) is 4.47. The van der Waals surface area contributed by atoms with Crippen LogP contribution in [0.1, 0.15) is 59.8 Å². The highest BCUT2D eigenvalue weighted by Crippen LogP contribution is 2.37. The third-order valence-electron chi connectivity index (χ3n) is 3.95. The van der Waals surface area contributed by atoms with Gasteiger partial charge in [-0.05, 0) is 50.9 Å². The zero-order chi connectivity index (χ0) is 13.8. The number of carboxylic acids is 1. The fourth-order valence-electron chi connectivity index (χ4n) is 2.96. The second-order valence-corrected chi connectivity index (χ2v) is 6.69. The number of hydrogen-bond acceptors (Lipinski definition) is 2. The Labute approximate surface area is 111 Å². The highest BCUT2D eigenvalue weighted by molar-refractivity contribution is 5.67. The minimum Gasteiger partial charge on any atom is -0.481 e. The van der Waals surface area contributed by atoms with Gasteiger partial charge in [-0.2, -0.15) is 0 Å². The molecular weight excluding hydrogens is 228 g/mol. The topological polar surface area (TPSA) is 46.5 Å². The summed E-state index contributed by atoms with van der Waals surface area (Å²) in [7, 11) is 0. The highest BCUT2D eigenvalue weighted by atomic mass is 16.5. The molecule has 0 spiro atoms. The smallest absolute Gasteiger partial charge is 0.303 e. The average Bonchev–Trinajstić information content (AvgIpc) is 2.22. The van der Waals surface area contributed by atoms with Crippen LogP contribution in [0.4, 0.5) is 0 Å². The Kier molecular flexibility index (Phi) is 5.64. The molecule has 1 aliphatic rings. The average molecular weight is 256 g/mol. The van der Waals surface area contributed by atoms with Gasteiger partial charge in [-0.15, -0.1) is 0 Å². The monoisotopic (exact) mass is 256 g/mol. The van der Waals surface area contributed by atoms with Crippen molar-refractivity contribution in [1.82, 2.24) is 0 Å². The summed E-state index contributed by atoms with van der Waals surface area (Å²) >= 11 is 0. The van der Waals surface area contributed by atoms with Crippen molar-refractivity contribution in [3.05, 3.63) is 0 Å². The number of ether oxygens (including phenoxy) is 1. The summed E-state index contributed by atoms with van der Waals surface area (Å²) in [6.45, 7) is 9.39. The number of hydrogen-bond donors (Lipinski definition) is 1. The first-order chi connectivity index (χ1) is 8.30. The van der Waals surface area contributed by atoms with E-state index in [0.29, 0.717) is 24.2 Å². The third-order valence-corrected chi connectivity index (χ3v) is 3.95. The molecule has 1 aliphatic heterocycles. The first kappa shape index (κ1) is 15.5. The molecule has 1 N–H and O–H groups in total. The van der Waals surface area contributed by atoms with Gasteiger partial charge in [0.05, 0.1) is 5.60 Å². The zero-order valence-corrected chi connectivity index (χ0v) is 12.2. The standard InChI is InChI=1S/C15H28O3/c1-11(2)5-6-12(9-14(16)17)13-7-8-18-15(3,4)10-13/h11-13H,5-10H2,1-4H3,(H,16,17). The van der Waals surface area contributed by atoms with Gasteiger partial charge < -0.3 is 9.84 Å². The predicted molar refractivity (Wildman–Crippen MR) is 72.6 cm³/mol. The van der Waals surface area contributed by atoms with Crippen LogP contribution in [0.5, 0.6) is 0 Å². The maximum absolute atomic E-state index is 11.0. The molecule has 0 saturated carbocycles. The molecule has 3 heteroatoms. The number of carbonyl (C=O) groups is 1. The lowest BCUT2D eigenvalue weighted by Crippen LogP contribution is -2.37. The Morgan fingerprint density at radius 3 is 2.56 bits per heavy atom. The van der Waals surface area contributed by atoms with Crippen molar-refractivity contribution < 1.29 is 14.6 Å². The maximum atomic E-state index is 11.0. The van der Waals surface area contributed by atoms with Crippen LogP contribution in [-0.4, -0.2) is 23.3 Å². The SMILES string of the molecule is CC(C)CCC(CC(=O)O)C1CCOC(C)(C)C1. The number of carboxylic acid groups (broad SMARTS) is 1. The van der Waals surface area contributed by atoms with Crippen LogP contribution < -0.4 is 0 Å². The summed E-state index contributed by atoms with van der Waals surface area (Å²) in [5, 5.41) is 9.08. The molecular formula is C15H28O3. The van der Waals surface area contributed by atoms with Gasteiger partial charge in [0.2, 0.25) is 0 Å². The normalized spacial score (nSPS) is 25.1. The zero-order valence-electron chi connectivity index (χ0n) is 12.2. The predicted octanol–water partition coefficient (Wildman–Crippen LogP) is 3.72. The molecule has 0 radical (unpaired) electrons. The van der Waals surface area contributed by atoms with Crippen molar-refractivity contribution in [2.45, 2.75) is 65.4 Å². The van der Waals surface area contributed by atoms with E-state index < -0.39 is 5.97 Å². The molecule has 106 valence electrons. The van der Waals surface area contributed by atoms with Crippen molar-refractivity contribution >= 4 is 5.97 Å². The van der Waals surface area contributed by atoms with E-state index in [1.54, 1.807) is 0 Å². The molecule has 0 amide bonds. The van der Waals surface area contributed by atoms with E-state index in [1.807, 2.05) is 0 Å². The number of aliphatic carboxylic acids is 1. The van der Waals surface area contributed by atoms with Gasteiger partial charge in [-0.1, -0.05) is 20.3 Å². The van der Waals surface area contributed by atoms with Crippen molar-refractivity contribution in [3.63, 3.8) is 0 Å². The second-order valence-electron chi connectivity index (χ2n) is 6.69. The van der Waals surface area contributed by atoms with Crippen LogP contribution >= 0.6 is 0 Å². The molecule has 0 aromatic rings. The fourth-order valence-corrected chi connectivity index (χ4v) is 2.96. The molecule has 18 heavy (non-hydrogen) atoms. The molecule has 1 rings (SSSR count). The Hall–Kier alpha value is -0.570. The Morgan fingerprint density at radius 2 is 2.06 bits per heavy atom. The van der Waals surface area contributed by atoms with Gasteiger partial charge in [0.15, 0.2) is 0 Å². The summed E-state index contributed by atoms with van der Waals surface area (Å²) < 4.78 is 5.73. The van der Waals surface area contributed by atoms with Crippen LogP contribution in [0, 0.1) is 17.8 Å². The Balaban J connectivity index is 2.60. The lowest BCUT2D eigenvalue weighted by Gasteiger charge is -2.39. The molecule has 1 heterocycles. The molecule has 0 bridgehead atoms. The summed E-state index contributed by atoms with van der Waals surface area (Å²) in [4.78, 5) is 11.0. The second kappa shape index (κ2) is 6.55. The van der Waals surface area contributed by atoms with Crippen molar-refractivity contribution in [3.8, 4) is 0 Å². The lowest BCUT2D eigenvalue weighted by molar-refractivity contribution is -0.140. The van der Waals surface area contributed by atoms with E-state index >= 15 is 0 Å². The first-order valence-electron chi connectivity index (χ1n) is 7.16. The van der Waals surface area contributed by atoms with Crippen molar-refractivity contribution in [2.75, 3.05) is 6.61 Å². The van der Waals surface area contributed by atoms with E-state index in [2.05, 4.69) is 27.7 Å². The Bertz CT molecular complexity index is 271. The largest absolute Gasteiger partial charge is 0.481 e. The van der Waals surface area contributed by atoms with Gasteiger partial charge in [-0.25, -0.2) is 0 Å². The maximum Gasteiger partial charge on any atom is 0.303 e. The van der Waals surface area contributed by atoms with Crippen LogP contribution in [0.2, 0.25) is 0 Å². The lowest BCUT2D eigenvalue weighted by atomic mass is 9.76. The molecule has 0 aliphatic carbocycles. The highest BCUT2D eigenvalue weighted by Gasteiger charge is 2.34. The molecule has 0 aromatic carbocycles. The van der Waals surface area contributed by atoms with Crippen molar-refractivity contribution in [1.29, 1.82) is 0 Å². The van der Waals surface area contributed by atoms with Crippen molar-refractivity contribution in [2.24, 2.45) is 17.8 Å². The van der Waals surface area contributed by atoms with Gasteiger partial charge in [0, 0.05) is 13.0 Å². The molecule has 1 saturated heterocycles. The van der Waals surface area contributed by atoms with E-state index in [0.717, 1.165) is 32.3 Å². The molecule has 1 fully saturated rings. The van der Waals surface area contributed by atoms with Crippen LogP contribution in [0.15, 0.2) is 0 Å². The van der Waals surface area contributed by atoms with E-state index in [-0.39, 0.29) is 5.60 Å². The van der Waals surface area contributed by atoms with E-state index in [1.165, 1.54) is 0 Å². The van der Waals surface area contributed by atoms with Gasteiger partial charge in [0.25, 0.3) is 0 Å². The summed E-state index contributed by atoms with van der Waals surface area (Å²) in [5.41, 5.74) is -0.0858. The van der Waals surface area contributed by atoms with Crippen LogP contribution in [0.25, 0.3) is 0 Å². The van der Waals surface area contributed by atoms with Crippen LogP contribution in [-0.2, 0) is 9.53 Å². The molecule has 3 nitrogen and oxygen atoms in total. The molecule has 2 atom stereocenters. The fraction of sp³-hybridized carbons (Fsp3) is 0.933. The Morgan fingerprint density at radius 1 is 1.39 bits per heavy atom. The number of rotatable bonds is 6. The van der Waals surface area contributed by atoms with Gasteiger partial charge in [0.1, 0.15) is 0 Å². The van der Waals surface area contributed by atoms with E-state index in [4.69, 9.17) is 9.84 Å². The summed E-state index contributed by atoms with van der Waals surface area (Å²) in [6, 6.07) is 0. The quantitative estimate of drug-likeness (QED) is 0.788. The molecule has 2 unspecified atom stereocenters. The van der Waals surface area contributed by atoms with Gasteiger partial charge >= 0.3 is 5.97 Å². The minimum absolute atomic E-state index is 0.0858. The molecule has 0 aromatic heterocycles. The third kappa shape index (κ3) is 5.38. The van der Waals surface area contributed by atoms with Gasteiger partial charge in [-0.3, -0.25) is 4.79 Å². The van der Waals surface area contributed by atoms with E-state index in [9.17, 15) is 4.79 Å².